The van der Waals surface area contributed by atoms with Crippen LogP contribution in [-0.4, -0.2) is 69.2 Å². The molecule has 2 unspecified atom stereocenters. The fourth-order valence-corrected chi connectivity index (χ4v) is 5.05. The van der Waals surface area contributed by atoms with Crippen LogP contribution in [0.3, 0.4) is 0 Å². The van der Waals surface area contributed by atoms with Crippen molar-refractivity contribution in [2.75, 3.05) is 13.1 Å². The first-order valence-electron chi connectivity index (χ1n) is 11.2. The first-order chi connectivity index (χ1) is 14.4. The van der Waals surface area contributed by atoms with Gasteiger partial charge >= 0.3 is 12.0 Å². The normalized spacial score (nSPS) is 26.7. The Kier molecular flexibility index (Phi) is 7.69. The fourth-order valence-electron chi connectivity index (χ4n) is 5.05. The second kappa shape index (κ2) is 10.2. The highest BCUT2D eigenvalue weighted by Crippen LogP contribution is 2.32. The molecule has 9 nitrogen and oxygen atoms in total. The van der Waals surface area contributed by atoms with Gasteiger partial charge in [0.25, 0.3) is 0 Å². The van der Waals surface area contributed by atoms with E-state index in [1.165, 1.54) is 11.3 Å². The molecule has 3 fully saturated rings. The Hall–Kier alpha value is -2.16. The maximum absolute atomic E-state index is 13.2. The predicted octanol–water partition coefficient (Wildman–Crippen LogP) is 1.69. The quantitative estimate of drug-likeness (QED) is 0.535. The molecule has 9 heteroatoms. The molecule has 30 heavy (non-hydrogen) atoms. The lowest BCUT2D eigenvalue weighted by Gasteiger charge is -2.46. The van der Waals surface area contributed by atoms with Gasteiger partial charge < -0.3 is 15.5 Å². The van der Waals surface area contributed by atoms with E-state index in [2.05, 4.69) is 5.32 Å². The molecule has 0 spiro atoms. The van der Waals surface area contributed by atoms with Crippen molar-refractivity contribution in [2.45, 2.75) is 82.9 Å². The average molecular weight is 424 g/mol. The number of aliphatic carboxylic acids is 1. The first kappa shape index (κ1) is 22.5. The fraction of sp³-hybridized carbons (Fsp3) is 0.810. The van der Waals surface area contributed by atoms with Gasteiger partial charge in [-0.1, -0.05) is 51.4 Å². The molecule has 168 valence electrons. The molecule has 2 saturated carbocycles. The van der Waals surface area contributed by atoms with Crippen molar-refractivity contribution >= 4 is 23.8 Å². The molecule has 3 N–H and O–H groups in total. The van der Waals surface area contributed by atoms with Crippen LogP contribution in [0.4, 0.5) is 4.79 Å². The summed E-state index contributed by atoms with van der Waals surface area (Å²) in [6.45, 7) is -0.421. The standard InChI is InChI=1S/C21H33N3O6/c25-16(26)13-22-18(27)17-19(28)23(12-11-14-7-3-1-4-8-14)21(30)24(20(17)29)15-9-5-2-6-10-15/h14-15,17,20,29H,1-13H2,(H,22,27)(H,25,26). The molecular formula is C21H33N3O6. The summed E-state index contributed by atoms with van der Waals surface area (Å²) in [7, 11) is 0. The van der Waals surface area contributed by atoms with E-state index in [-0.39, 0.29) is 12.6 Å². The smallest absolute Gasteiger partial charge is 0.329 e. The van der Waals surface area contributed by atoms with Gasteiger partial charge in [-0.05, 0) is 25.2 Å². The summed E-state index contributed by atoms with van der Waals surface area (Å²) in [6, 6.07) is -0.751. The molecular weight excluding hydrogens is 390 g/mol. The number of carbonyl (C=O) groups excluding carboxylic acids is 3. The third-order valence-electron chi connectivity index (χ3n) is 6.72. The van der Waals surface area contributed by atoms with E-state index in [1.807, 2.05) is 0 Å². The third kappa shape index (κ3) is 5.11. The van der Waals surface area contributed by atoms with E-state index < -0.39 is 42.5 Å². The number of carbonyl (C=O) groups is 4. The third-order valence-corrected chi connectivity index (χ3v) is 6.72. The maximum atomic E-state index is 13.2. The molecule has 0 bridgehead atoms. The molecule has 1 saturated heterocycles. The Labute approximate surface area is 176 Å². The molecule has 0 radical (unpaired) electrons. The van der Waals surface area contributed by atoms with E-state index in [1.54, 1.807) is 0 Å². The Morgan fingerprint density at radius 1 is 0.967 bits per heavy atom. The van der Waals surface area contributed by atoms with E-state index in [0.29, 0.717) is 12.3 Å². The molecule has 2 atom stereocenters. The number of amides is 4. The number of nitrogens with zero attached hydrogens (tertiary/aromatic N) is 2. The van der Waals surface area contributed by atoms with Crippen LogP contribution >= 0.6 is 0 Å². The van der Waals surface area contributed by atoms with Crippen LogP contribution in [0.25, 0.3) is 0 Å². The van der Waals surface area contributed by atoms with E-state index in [4.69, 9.17) is 5.11 Å². The van der Waals surface area contributed by atoms with Crippen LogP contribution in [-0.2, 0) is 14.4 Å². The number of aliphatic hydroxyl groups is 1. The summed E-state index contributed by atoms with van der Waals surface area (Å²) in [5.74, 6) is -3.89. The largest absolute Gasteiger partial charge is 0.480 e. The van der Waals surface area contributed by atoms with Crippen LogP contribution in [0.15, 0.2) is 0 Å². The van der Waals surface area contributed by atoms with E-state index >= 15 is 0 Å². The number of aliphatic hydroxyl groups excluding tert-OH is 1. The molecule has 0 aromatic carbocycles. The summed E-state index contributed by atoms with van der Waals surface area (Å²) in [5.41, 5.74) is 0. The summed E-state index contributed by atoms with van der Waals surface area (Å²) >= 11 is 0. The average Bonchev–Trinajstić information content (AvgIpc) is 2.73. The predicted molar refractivity (Wildman–Crippen MR) is 107 cm³/mol. The minimum atomic E-state index is -1.58. The lowest BCUT2D eigenvalue weighted by atomic mass is 9.86. The van der Waals surface area contributed by atoms with Gasteiger partial charge in [0.05, 0.1) is 0 Å². The molecule has 2 aliphatic carbocycles. The van der Waals surface area contributed by atoms with Gasteiger partial charge in [-0.3, -0.25) is 24.2 Å². The number of imide groups is 1. The number of nitrogens with one attached hydrogen (secondary N) is 1. The van der Waals surface area contributed by atoms with Gasteiger partial charge in [0.15, 0.2) is 12.1 Å². The lowest BCUT2D eigenvalue weighted by molar-refractivity contribution is -0.160. The van der Waals surface area contributed by atoms with Crippen LogP contribution in [0.1, 0.15) is 70.6 Å². The molecule has 1 heterocycles. The van der Waals surface area contributed by atoms with Crippen molar-refractivity contribution in [3.05, 3.63) is 0 Å². The maximum Gasteiger partial charge on any atom is 0.329 e. The highest BCUT2D eigenvalue weighted by molar-refractivity contribution is 6.09. The van der Waals surface area contributed by atoms with Crippen molar-refractivity contribution in [1.29, 1.82) is 0 Å². The monoisotopic (exact) mass is 423 g/mol. The summed E-state index contributed by atoms with van der Waals surface area (Å²) in [5, 5.41) is 21.9. The lowest BCUT2D eigenvalue weighted by Crippen LogP contribution is -2.67. The van der Waals surface area contributed by atoms with Gasteiger partial charge in [0.1, 0.15) is 6.54 Å². The highest BCUT2D eigenvalue weighted by atomic mass is 16.4. The number of hydrogen-bond acceptors (Lipinski definition) is 5. The topological polar surface area (TPSA) is 127 Å². The van der Waals surface area contributed by atoms with Crippen molar-refractivity contribution < 1.29 is 29.4 Å². The molecule has 3 aliphatic rings. The number of carboxylic acids is 1. The van der Waals surface area contributed by atoms with Crippen molar-refractivity contribution in [2.24, 2.45) is 11.8 Å². The minimum absolute atomic E-state index is 0.221. The number of rotatable bonds is 7. The second-order valence-corrected chi connectivity index (χ2v) is 8.77. The Balaban J connectivity index is 1.78. The molecule has 1 aliphatic heterocycles. The molecule has 4 amide bonds. The van der Waals surface area contributed by atoms with Gasteiger partial charge in [-0.15, -0.1) is 0 Å². The zero-order chi connectivity index (χ0) is 21.7. The van der Waals surface area contributed by atoms with Crippen LogP contribution < -0.4 is 5.32 Å². The van der Waals surface area contributed by atoms with Crippen LogP contribution in [0.2, 0.25) is 0 Å². The van der Waals surface area contributed by atoms with Crippen molar-refractivity contribution in [3.63, 3.8) is 0 Å². The van der Waals surface area contributed by atoms with Gasteiger partial charge in [0.2, 0.25) is 11.8 Å². The van der Waals surface area contributed by atoms with Crippen LogP contribution in [0, 0.1) is 11.8 Å². The number of hydrogen-bond donors (Lipinski definition) is 3. The summed E-state index contributed by atoms with van der Waals surface area (Å²) < 4.78 is 0. The second-order valence-electron chi connectivity index (χ2n) is 8.77. The zero-order valence-corrected chi connectivity index (χ0v) is 17.4. The van der Waals surface area contributed by atoms with Gasteiger partial charge in [-0.25, -0.2) is 4.79 Å². The van der Waals surface area contributed by atoms with Gasteiger partial charge in [-0.2, -0.15) is 0 Å². The number of carboxylic acid groups (broad SMARTS) is 1. The Morgan fingerprint density at radius 2 is 1.57 bits per heavy atom. The number of urea groups is 1. The SMILES string of the molecule is O=C(O)CNC(=O)C1C(=O)N(CCC2CCCCC2)C(=O)N(C2CCCCC2)C1O. The molecule has 3 rings (SSSR count). The van der Waals surface area contributed by atoms with Crippen LogP contribution in [0.5, 0.6) is 0 Å². The molecule has 0 aromatic rings. The highest BCUT2D eigenvalue weighted by Gasteiger charge is 2.51. The molecule has 0 aromatic heterocycles. The summed E-state index contributed by atoms with van der Waals surface area (Å²) in [4.78, 5) is 52.1. The Morgan fingerprint density at radius 3 is 2.17 bits per heavy atom. The van der Waals surface area contributed by atoms with E-state index in [9.17, 15) is 24.3 Å². The van der Waals surface area contributed by atoms with Gasteiger partial charge in [0, 0.05) is 12.6 Å². The zero-order valence-electron chi connectivity index (χ0n) is 17.4. The minimum Gasteiger partial charge on any atom is -0.480 e. The van der Waals surface area contributed by atoms with Crippen molar-refractivity contribution in [3.8, 4) is 0 Å². The first-order valence-corrected chi connectivity index (χ1v) is 11.2. The van der Waals surface area contributed by atoms with E-state index in [0.717, 1.165) is 62.7 Å². The Bertz CT molecular complexity index is 657. The summed E-state index contributed by atoms with van der Waals surface area (Å²) in [6.07, 6.45) is 9.13. The van der Waals surface area contributed by atoms with Crippen molar-refractivity contribution in [1.82, 2.24) is 15.1 Å².